The van der Waals surface area contributed by atoms with Crippen LogP contribution < -0.4 is 0 Å². The number of hydrogen-bond acceptors (Lipinski definition) is 4. The van der Waals surface area contributed by atoms with E-state index in [9.17, 15) is 14.7 Å². The topological polar surface area (TPSA) is 87.1 Å². The molecule has 0 spiro atoms. The molecule has 6 heteroatoms. The molecule has 0 aromatic rings. The Hall–Kier alpha value is -1.40. The third kappa shape index (κ3) is 4.85. The van der Waals surface area contributed by atoms with Gasteiger partial charge in [-0.3, -0.25) is 4.79 Å². The maximum Gasteiger partial charge on any atom is 0.329 e. The highest BCUT2D eigenvalue weighted by Crippen LogP contribution is 2.17. The first kappa shape index (κ1) is 14.7. The minimum atomic E-state index is -1.00. The predicted octanol–water partition coefficient (Wildman–Crippen LogP) is 0.0172. The molecule has 18 heavy (non-hydrogen) atoms. The molecule has 1 saturated heterocycles. The molecule has 2 N–H and O–H groups in total. The van der Waals surface area contributed by atoms with Crippen LogP contribution in [0.5, 0.6) is 0 Å². The zero-order chi connectivity index (χ0) is 13.4. The van der Waals surface area contributed by atoms with Gasteiger partial charge in [0.05, 0.1) is 19.3 Å². The van der Waals surface area contributed by atoms with E-state index >= 15 is 0 Å². The summed E-state index contributed by atoms with van der Waals surface area (Å²) >= 11 is 0. The molecule has 0 aromatic carbocycles. The van der Waals surface area contributed by atoms with Crippen molar-refractivity contribution in [1.29, 1.82) is 0 Å². The average Bonchev–Trinajstić information content (AvgIpc) is 2.34. The molecule has 1 amide bonds. The van der Waals surface area contributed by atoms with Crippen LogP contribution >= 0.6 is 0 Å². The third-order valence-electron chi connectivity index (χ3n) is 2.81. The molecule has 0 aliphatic carbocycles. The summed E-state index contributed by atoms with van der Waals surface area (Å²) in [6, 6.07) is -0.101. The summed E-state index contributed by atoms with van der Waals surface area (Å²) in [7, 11) is 0. The highest BCUT2D eigenvalue weighted by molar-refractivity contribution is 5.77. The molecular formula is C12H19NO5. The Morgan fingerprint density at radius 3 is 2.94 bits per heavy atom. The molecular weight excluding hydrogens is 238 g/mol. The summed E-state index contributed by atoms with van der Waals surface area (Å²) in [6.45, 7) is 0.292. The zero-order valence-corrected chi connectivity index (χ0v) is 10.2. The van der Waals surface area contributed by atoms with Crippen molar-refractivity contribution in [2.75, 3.05) is 26.4 Å². The molecule has 0 unspecified atom stereocenters. The Labute approximate surface area is 106 Å². The minimum Gasteiger partial charge on any atom is -0.480 e. The number of aliphatic carboxylic acids is 1. The number of aliphatic hydroxyl groups excluding tert-OH is 1. The lowest BCUT2D eigenvalue weighted by molar-refractivity contribution is -0.141. The van der Waals surface area contributed by atoms with Crippen molar-refractivity contribution in [3.63, 3.8) is 0 Å². The van der Waals surface area contributed by atoms with Crippen LogP contribution in [0.4, 0.5) is 0 Å². The smallest absolute Gasteiger partial charge is 0.329 e. The van der Waals surface area contributed by atoms with Gasteiger partial charge in [-0.05, 0) is 12.8 Å². The molecule has 0 saturated carbocycles. The summed E-state index contributed by atoms with van der Waals surface area (Å²) < 4.78 is 4.83. The lowest BCUT2D eigenvalue weighted by atomic mass is 10.0. The number of aliphatic hydroxyl groups is 1. The van der Waals surface area contributed by atoms with Gasteiger partial charge < -0.3 is 19.8 Å². The fourth-order valence-corrected chi connectivity index (χ4v) is 1.90. The summed E-state index contributed by atoms with van der Waals surface area (Å²) in [5, 5.41) is 17.5. The number of carboxylic acid groups (broad SMARTS) is 1. The number of likely N-dealkylation sites (tertiary alicyclic amines) is 1. The van der Waals surface area contributed by atoms with E-state index in [1.165, 1.54) is 0 Å². The van der Waals surface area contributed by atoms with E-state index in [4.69, 9.17) is 9.84 Å². The van der Waals surface area contributed by atoms with E-state index in [0.717, 1.165) is 12.8 Å². The van der Waals surface area contributed by atoms with Crippen LogP contribution in [-0.2, 0) is 14.3 Å². The number of nitrogens with zero attached hydrogens (tertiary/aromatic N) is 1. The van der Waals surface area contributed by atoms with Crippen molar-refractivity contribution in [3.05, 3.63) is 12.2 Å². The number of piperidine rings is 1. The van der Waals surface area contributed by atoms with Gasteiger partial charge in [0.2, 0.25) is 5.91 Å². The standard InChI is InChI=1S/C12H19NO5/c14-8-10-4-3-5-11(15)13(10)6-1-2-7-18-9-12(16)17/h1-2,10,14H,3-9H2,(H,16,17)/b2-1-/t10-/m1/s1. The molecule has 1 atom stereocenters. The van der Waals surface area contributed by atoms with Gasteiger partial charge in [0.25, 0.3) is 0 Å². The van der Waals surface area contributed by atoms with Gasteiger partial charge in [-0.1, -0.05) is 12.2 Å². The molecule has 6 nitrogen and oxygen atoms in total. The van der Waals surface area contributed by atoms with Crippen LogP contribution in [-0.4, -0.2) is 59.4 Å². The Balaban J connectivity index is 2.29. The van der Waals surface area contributed by atoms with Crippen LogP contribution in [0.2, 0.25) is 0 Å². The van der Waals surface area contributed by atoms with Gasteiger partial charge in [-0.25, -0.2) is 4.79 Å². The van der Waals surface area contributed by atoms with E-state index in [1.807, 2.05) is 0 Å². The Kier molecular flexibility index (Phi) is 6.38. The normalized spacial score (nSPS) is 20.6. The maximum atomic E-state index is 11.6. The van der Waals surface area contributed by atoms with Crippen LogP contribution in [0.1, 0.15) is 19.3 Å². The largest absolute Gasteiger partial charge is 0.480 e. The van der Waals surface area contributed by atoms with E-state index in [1.54, 1.807) is 17.1 Å². The highest BCUT2D eigenvalue weighted by Gasteiger charge is 2.25. The first-order valence-corrected chi connectivity index (χ1v) is 6.00. The predicted molar refractivity (Wildman–Crippen MR) is 64.0 cm³/mol. The second-order valence-corrected chi connectivity index (χ2v) is 4.15. The van der Waals surface area contributed by atoms with Gasteiger partial charge in [-0.2, -0.15) is 0 Å². The lowest BCUT2D eigenvalue weighted by Gasteiger charge is -2.33. The number of rotatable bonds is 7. The van der Waals surface area contributed by atoms with Gasteiger partial charge in [0, 0.05) is 13.0 Å². The summed E-state index contributed by atoms with van der Waals surface area (Å²) in [5.74, 6) is -0.952. The number of carboxylic acids is 1. The Morgan fingerprint density at radius 1 is 1.50 bits per heavy atom. The minimum absolute atomic E-state index is 0.0188. The van der Waals surface area contributed by atoms with Crippen LogP contribution in [0, 0.1) is 0 Å². The fourth-order valence-electron chi connectivity index (χ4n) is 1.90. The first-order valence-electron chi connectivity index (χ1n) is 6.00. The van der Waals surface area contributed by atoms with Crippen LogP contribution in [0.15, 0.2) is 12.2 Å². The van der Waals surface area contributed by atoms with E-state index < -0.39 is 5.97 Å². The number of ether oxygens (including phenoxy) is 1. The van der Waals surface area contributed by atoms with Gasteiger partial charge >= 0.3 is 5.97 Å². The molecule has 1 heterocycles. The van der Waals surface area contributed by atoms with Crippen molar-refractivity contribution in [3.8, 4) is 0 Å². The maximum absolute atomic E-state index is 11.6. The van der Waals surface area contributed by atoms with E-state index in [-0.39, 0.29) is 31.8 Å². The lowest BCUT2D eigenvalue weighted by Crippen LogP contribution is -2.45. The van der Waals surface area contributed by atoms with Crippen molar-refractivity contribution >= 4 is 11.9 Å². The van der Waals surface area contributed by atoms with Crippen molar-refractivity contribution in [2.24, 2.45) is 0 Å². The first-order chi connectivity index (χ1) is 8.65. The molecule has 0 bridgehead atoms. The van der Waals surface area contributed by atoms with Gasteiger partial charge in [-0.15, -0.1) is 0 Å². The van der Waals surface area contributed by atoms with Crippen molar-refractivity contribution in [2.45, 2.75) is 25.3 Å². The molecule has 0 aromatic heterocycles. The number of hydrogen-bond donors (Lipinski definition) is 2. The van der Waals surface area contributed by atoms with Crippen LogP contribution in [0.3, 0.4) is 0 Å². The summed E-state index contributed by atoms with van der Waals surface area (Å²) in [6.07, 6.45) is 5.62. The Morgan fingerprint density at radius 2 is 2.28 bits per heavy atom. The third-order valence-corrected chi connectivity index (χ3v) is 2.81. The van der Waals surface area contributed by atoms with Crippen LogP contribution in [0.25, 0.3) is 0 Å². The van der Waals surface area contributed by atoms with Crippen molar-refractivity contribution in [1.82, 2.24) is 4.90 Å². The Bertz CT molecular complexity index is 316. The van der Waals surface area contributed by atoms with Crippen molar-refractivity contribution < 1.29 is 24.5 Å². The SMILES string of the molecule is O=C(O)COC/C=C\CN1C(=O)CCC[C@@H]1CO. The van der Waals surface area contributed by atoms with E-state index in [0.29, 0.717) is 13.0 Å². The number of carbonyl (C=O) groups is 2. The quantitative estimate of drug-likeness (QED) is 0.496. The second kappa shape index (κ2) is 7.84. The summed E-state index contributed by atoms with van der Waals surface area (Å²) in [5.41, 5.74) is 0. The average molecular weight is 257 g/mol. The molecule has 1 aliphatic rings. The second-order valence-electron chi connectivity index (χ2n) is 4.15. The van der Waals surface area contributed by atoms with Gasteiger partial charge in [0.15, 0.2) is 0 Å². The fraction of sp³-hybridized carbons (Fsp3) is 0.667. The molecule has 102 valence electrons. The molecule has 1 fully saturated rings. The zero-order valence-electron chi connectivity index (χ0n) is 10.2. The number of carbonyl (C=O) groups excluding carboxylic acids is 1. The summed E-state index contributed by atoms with van der Waals surface area (Å²) in [4.78, 5) is 23.5. The molecule has 0 radical (unpaired) electrons. The highest BCUT2D eigenvalue weighted by atomic mass is 16.5. The monoisotopic (exact) mass is 257 g/mol. The molecule has 1 rings (SSSR count). The number of amides is 1. The van der Waals surface area contributed by atoms with E-state index in [2.05, 4.69) is 0 Å². The van der Waals surface area contributed by atoms with Gasteiger partial charge in [0.1, 0.15) is 6.61 Å². The molecule has 1 aliphatic heterocycles.